The van der Waals surface area contributed by atoms with Gasteiger partial charge in [-0.1, -0.05) is 11.6 Å². The van der Waals surface area contributed by atoms with Gasteiger partial charge in [0.15, 0.2) is 6.29 Å². The molecule has 2 aromatic rings. The molecule has 1 saturated heterocycles. The van der Waals surface area contributed by atoms with Crippen LogP contribution in [0.15, 0.2) is 24.4 Å². The van der Waals surface area contributed by atoms with Crippen molar-refractivity contribution in [2.45, 2.75) is 12.3 Å². The highest BCUT2D eigenvalue weighted by Crippen LogP contribution is 2.27. The number of aldehydes is 1. The third kappa shape index (κ3) is 2.34. The summed E-state index contributed by atoms with van der Waals surface area (Å²) in [5.74, 6) is -0.397. The van der Waals surface area contributed by atoms with Crippen molar-refractivity contribution < 1.29 is 13.9 Å². The number of hydrogen-bond acceptors (Lipinski definition) is 3. The van der Waals surface area contributed by atoms with Crippen LogP contribution in [0.25, 0.3) is 5.69 Å². The fourth-order valence-corrected chi connectivity index (χ4v) is 2.44. The van der Waals surface area contributed by atoms with E-state index in [4.69, 9.17) is 16.3 Å². The summed E-state index contributed by atoms with van der Waals surface area (Å²) in [5, 5.41) is 4.46. The van der Waals surface area contributed by atoms with E-state index in [1.54, 1.807) is 12.3 Å². The molecular formula is C14H12ClFN2O2. The van der Waals surface area contributed by atoms with Crippen LogP contribution in [0.4, 0.5) is 4.39 Å². The number of aromatic nitrogens is 2. The van der Waals surface area contributed by atoms with Gasteiger partial charge in [0, 0.05) is 24.8 Å². The lowest BCUT2D eigenvalue weighted by Gasteiger charge is -2.05. The lowest BCUT2D eigenvalue weighted by molar-refractivity contribution is 0.112. The van der Waals surface area contributed by atoms with Crippen molar-refractivity contribution >= 4 is 17.9 Å². The Bertz CT molecular complexity index is 651. The molecular weight excluding hydrogens is 283 g/mol. The van der Waals surface area contributed by atoms with E-state index in [1.807, 2.05) is 0 Å². The number of ether oxygens (including phenoxy) is 1. The van der Waals surface area contributed by atoms with Crippen molar-refractivity contribution in [1.29, 1.82) is 0 Å². The third-order valence-electron chi connectivity index (χ3n) is 3.38. The highest BCUT2D eigenvalue weighted by Gasteiger charge is 2.24. The minimum atomic E-state index is -0.516. The van der Waals surface area contributed by atoms with Gasteiger partial charge in [-0.25, -0.2) is 9.07 Å². The third-order valence-corrected chi connectivity index (χ3v) is 3.69. The largest absolute Gasteiger partial charge is 0.381 e. The van der Waals surface area contributed by atoms with E-state index in [2.05, 4.69) is 5.10 Å². The molecule has 1 aromatic carbocycles. The SMILES string of the molecule is O=Cc1cn(-c2ccc(Cl)c(F)c2)nc1C1CCOC1. The number of benzene rings is 1. The van der Waals surface area contributed by atoms with Crippen LogP contribution >= 0.6 is 11.6 Å². The number of rotatable bonds is 3. The summed E-state index contributed by atoms with van der Waals surface area (Å²) in [5.41, 5.74) is 1.74. The number of nitrogens with zero attached hydrogens (tertiary/aromatic N) is 2. The molecule has 1 atom stereocenters. The first kappa shape index (κ1) is 13.3. The molecule has 0 N–H and O–H groups in total. The maximum atomic E-state index is 13.5. The molecule has 20 heavy (non-hydrogen) atoms. The Morgan fingerprint density at radius 2 is 2.35 bits per heavy atom. The van der Waals surface area contributed by atoms with Crippen molar-refractivity contribution in [1.82, 2.24) is 9.78 Å². The van der Waals surface area contributed by atoms with Crippen molar-refractivity contribution in [3.8, 4) is 5.69 Å². The number of hydrogen-bond donors (Lipinski definition) is 0. The van der Waals surface area contributed by atoms with E-state index in [1.165, 1.54) is 16.8 Å². The van der Waals surface area contributed by atoms with Crippen molar-refractivity contribution in [2.75, 3.05) is 13.2 Å². The van der Waals surface area contributed by atoms with Crippen LogP contribution < -0.4 is 0 Å². The molecule has 0 amide bonds. The van der Waals surface area contributed by atoms with Gasteiger partial charge in [0.25, 0.3) is 0 Å². The summed E-state index contributed by atoms with van der Waals surface area (Å²) in [6, 6.07) is 4.41. The normalized spacial score (nSPS) is 18.4. The van der Waals surface area contributed by atoms with Gasteiger partial charge in [0.05, 0.1) is 28.6 Å². The summed E-state index contributed by atoms with van der Waals surface area (Å²) in [6.07, 6.45) is 3.21. The summed E-state index contributed by atoms with van der Waals surface area (Å²) in [6.45, 7) is 1.23. The molecule has 1 fully saturated rings. The minimum absolute atomic E-state index is 0.0564. The van der Waals surface area contributed by atoms with Crippen molar-refractivity contribution in [3.05, 3.63) is 46.5 Å². The average molecular weight is 295 g/mol. The molecule has 0 bridgehead atoms. The van der Waals surface area contributed by atoms with Crippen molar-refractivity contribution in [3.63, 3.8) is 0 Å². The fourth-order valence-electron chi connectivity index (χ4n) is 2.32. The van der Waals surface area contributed by atoms with E-state index in [-0.39, 0.29) is 10.9 Å². The Labute approximate surface area is 120 Å². The van der Waals surface area contributed by atoms with Crippen LogP contribution in [0.5, 0.6) is 0 Å². The van der Waals surface area contributed by atoms with Gasteiger partial charge in [-0.15, -0.1) is 0 Å². The Morgan fingerprint density at radius 1 is 1.50 bits per heavy atom. The Morgan fingerprint density at radius 3 is 3.00 bits per heavy atom. The van der Waals surface area contributed by atoms with E-state index in [9.17, 15) is 9.18 Å². The molecule has 1 aromatic heterocycles. The quantitative estimate of drug-likeness (QED) is 0.818. The monoisotopic (exact) mass is 294 g/mol. The van der Waals surface area contributed by atoms with E-state index in [0.717, 1.165) is 12.7 Å². The van der Waals surface area contributed by atoms with E-state index >= 15 is 0 Å². The predicted octanol–water partition coefficient (Wildman–Crippen LogP) is 2.98. The maximum absolute atomic E-state index is 13.5. The molecule has 2 heterocycles. The van der Waals surface area contributed by atoms with Gasteiger partial charge < -0.3 is 4.74 Å². The van der Waals surface area contributed by atoms with Crippen molar-refractivity contribution in [2.24, 2.45) is 0 Å². The van der Waals surface area contributed by atoms with Gasteiger partial charge in [-0.05, 0) is 18.6 Å². The van der Waals surface area contributed by atoms with Gasteiger partial charge in [0.1, 0.15) is 5.82 Å². The molecule has 0 aliphatic carbocycles. The number of carbonyl (C=O) groups is 1. The molecule has 104 valence electrons. The molecule has 1 aliphatic heterocycles. The smallest absolute Gasteiger partial charge is 0.153 e. The Kier molecular flexibility index (Phi) is 3.54. The van der Waals surface area contributed by atoms with E-state index in [0.29, 0.717) is 30.2 Å². The summed E-state index contributed by atoms with van der Waals surface area (Å²) < 4.78 is 20.3. The molecule has 1 aliphatic rings. The Balaban J connectivity index is 2.01. The average Bonchev–Trinajstić information content (AvgIpc) is 3.09. The van der Waals surface area contributed by atoms with Gasteiger partial charge in [0.2, 0.25) is 0 Å². The maximum Gasteiger partial charge on any atom is 0.153 e. The second kappa shape index (κ2) is 5.34. The second-order valence-corrected chi connectivity index (χ2v) is 5.10. The molecule has 3 rings (SSSR count). The predicted molar refractivity (Wildman–Crippen MR) is 72.1 cm³/mol. The molecule has 0 saturated carbocycles. The van der Waals surface area contributed by atoms with Gasteiger partial charge in [-0.2, -0.15) is 5.10 Å². The lowest BCUT2D eigenvalue weighted by atomic mass is 10.0. The molecule has 0 radical (unpaired) electrons. The topological polar surface area (TPSA) is 44.1 Å². The summed E-state index contributed by atoms with van der Waals surface area (Å²) in [7, 11) is 0. The summed E-state index contributed by atoms with van der Waals surface area (Å²) >= 11 is 5.66. The first-order valence-electron chi connectivity index (χ1n) is 6.27. The van der Waals surface area contributed by atoms with Gasteiger partial charge in [-0.3, -0.25) is 4.79 Å². The number of halogens is 2. The summed E-state index contributed by atoms with van der Waals surface area (Å²) in [4.78, 5) is 11.2. The van der Waals surface area contributed by atoms with Crippen LogP contribution in [0, 0.1) is 5.82 Å². The first-order chi connectivity index (χ1) is 9.69. The van der Waals surface area contributed by atoms with Crippen LogP contribution in [0.2, 0.25) is 5.02 Å². The first-order valence-corrected chi connectivity index (χ1v) is 6.64. The highest BCUT2D eigenvalue weighted by atomic mass is 35.5. The van der Waals surface area contributed by atoms with Crippen LogP contribution in [0.1, 0.15) is 28.4 Å². The zero-order chi connectivity index (χ0) is 14.1. The molecule has 4 nitrogen and oxygen atoms in total. The van der Waals surface area contributed by atoms with Crippen LogP contribution in [-0.2, 0) is 4.74 Å². The minimum Gasteiger partial charge on any atom is -0.381 e. The van der Waals surface area contributed by atoms with Gasteiger partial charge >= 0.3 is 0 Å². The van der Waals surface area contributed by atoms with Crippen LogP contribution in [0.3, 0.4) is 0 Å². The number of carbonyl (C=O) groups excluding carboxylic acids is 1. The zero-order valence-corrected chi connectivity index (χ0v) is 11.3. The second-order valence-electron chi connectivity index (χ2n) is 4.69. The van der Waals surface area contributed by atoms with Crippen LogP contribution in [-0.4, -0.2) is 29.3 Å². The Hall–Kier alpha value is -1.72. The highest BCUT2D eigenvalue weighted by molar-refractivity contribution is 6.30. The fraction of sp³-hybridized carbons (Fsp3) is 0.286. The zero-order valence-electron chi connectivity index (χ0n) is 10.6. The van der Waals surface area contributed by atoms with E-state index < -0.39 is 5.82 Å². The standard InChI is InChI=1S/C14H12ClFN2O2/c15-12-2-1-11(5-13(12)16)18-6-10(7-19)14(17-18)9-3-4-20-8-9/h1-2,5-7,9H,3-4,8H2. The molecule has 6 heteroatoms. The molecule has 0 spiro atoms. The molecule has 1 unspecified atom stereocenters. The lowest BCUT2D eigenvalue weighted by Crippen LogP contribution is -2.03.